The second kappa shape index (κ2) is 8.65. The van der Waals surface area contributed by atoms with Gasteiger partial charge in [-0.1, -0.05) is 29.8 Å². The van der Waals surface area contributed by atoms with Gasteiger partial charge in [0.2, 0.25) is 5.91 Å². The molecule has 0 saturated heterocycles. The fourth-order valence-corrected chi connectivity index (χ4v) is 4.40. The number of aromatic nitrogens is 2. The summed E-state index contributed by atoms with van der Waals surface area (Å²) >= 11 is 1.63. The molecule has 2 aromatic carbocycles. The van der Waals surface area contributed by atoms with Crippen molar-refractivity contribution in [3.05, 3.63) is 71.5 Å². The van der Waals surface area contributed by atoms with Crippen LogP contribution in [-0.2, 0) is 23.5 Å². The van der Waals surface area contributed by atoms with E-state index in [1.54, 1.807) is 11.8 Å². The van der Waals surface area contributed by atoms with Gasteiger partial charge in [-0.15, -0.1) is 11.8 Å². The van der Waals surface area contributed by atoms with Crippen LogP contribution in [0.5, 0.6) is 0 Å². The molecule has 0 atom stereocenters. The van der Waals surface area contributed by atoms with Crippen LogP contribution in [0.25, 0.3) is 11.4 Å². The molecule has 5 heteroatoms. The molecular formula is C23H25N3OS. The summed E-state index contributed by atoms with van der Waals surface area (Å²) in [7, 11) is 0. The van der Waals surface area contributed by atoms with E-state index in [1.165, 1.54) is 29.7 Å². The van der Waals surface area contributed by atoms with E-state index in [1.807, 2.05) is 30.5 Å². The maximum Gasteiger partial charge on any atom is 0.234 e. The normalized spacial score (nSPS) is 13.2. The van der Waals surface area contributed by atoms with E-state index >= 15 is 0 Å². The summed E-state index contributed by atoms with van der Waals surface area (Å²) < 4.78 is 2.32. The molecule has 1 amide bonds. The van der Waals surface area contributed by atoms with Crippen molar-refractivity contribution < 1.29 is 4.79 Å². The van der Waals surface area contributed by atoms with Crippen molar-refractivity contribution in [1.29, 1.82) is 0 Å². The molecule has 0 aliphatic carbocycles. The number of imidazole rings is 1. The highest BCUT2D eigenvalue weighted by molar-refractivity contribution is 7.99. The molecule has 3 aromatic rings. The van der Waals surface area contributed by atoms with Crippen molar-refractivity contribution in [2.45, 2.75) is 38.5 Å². The highest BCUT2D eigenvalue weighted by atomic mass is 32.2. The summed E-state index contributed by atoms with van der Waals surface area (Å²) in [5.74, 6) is 2.35. The second-order valence-corrected chi connectivity index (χ2v) is 8.27. The molecule has 1 aliphatic heterocycles. The first-order chi connectivity index (χ1) is 13.7. The third-order valence-electron chi connectivity index (χ3n) is 5.01. The van der Waals surface area contributed by atoms with E-state index in [4.69, 9.17) is 0 Å². The fraction of sp³-hybridized carbons (Fsp3) is 0.304. The Morgan fingerprint density at radius 1 is 1.18 bits per heavy atom. The Bertz CT molecular complexity index is 962. The number of benzene rings is 2. The van der Waals surface area contributed by atoms with Crippen LogP contribution in [0, 0.1) is 6.92 Å². The number of carbonyl (C=O) groups is 1. The smallest absolute Gasteiger partial charge is 0.234 e. The number of aryl methyl sites for hydroxylation is 2. The van der Waals surface area contributed by atoms with Gasteiger partial charge in [0.15, 0.2) is 0 Å². The Morgan fingerprint density at radius 3 is 2.86 bits per heavy atom. The Hall–Kier alpha value is -2.53. The van der Waals surface area contributed by atoms with E-state index in [-0.39, 0.29) is 5.91 Å². The van der Waals surface area contributed by atoms with Gasteiger partial charge in [0.25, 0.3) is 0 Å². The van der Waals surface area contributed by atoms with Gasteiger partial charge in [0.1, 0.15) is 5.82 Å². The van der Waals surface area contributed by atoms with Crippen LogP contribution in [0.15, 0.2) is 54.7 Å². The lowest BCUT2D eigenvalue weighted by molar-refractivity contribution is -0.113. The number of anilines is 1. The summed E-state index contributed by atoms with van der Waals surface area (Å²) in [4.78, 5) is 16.8. The number of fused-ring (bicyclic) bond motifs is 1. The zero-order chi connectivity index (χ0) is 19.3. The number of hydrogen-bond donors (Lipinski definition) is 1. The minimum atomic E-state index is 0.0311. The van der Waals surface area contributed by atoms with Crippen molar-refractivity contribution in [3.63, 3.8) is 0 Å². The molecule has 1 aromatic heterocycles. The number of thioether (sulfide) groups is 1. The van der Waals surface area contributed by atoms with Crippen molar-refractivity contribution in [1.82, 2.24) is 9.55 Å². The molecule has 0 spiro atoms. The Morgan fingerprint density at radius 2 is 2.04 bits per heavy atom. The fourth-order valence-electron chi connectivity index (χ4n) is 3.63. The van der Waals surface area contributed by atoms with Crippen LogP contribution in [0.4, 0.5) is 5.69 Å². The molecule has 144 valence electrons. The van der Waals surface area contributed by atoms with Gasteiger partial charge < -0.3 is 9.88 Å². The monoisotopic (exact) mass is 391 g/mol. The minimum absolute atomic E-state index is 0.0311. The lowest BCUT2D eigenvalue weighted by atomic mass is 10.1. The van der Waals surface area contributed by atoms with Gasteiger partial charge in [-0.2, -0.15) is 0 Å². The maximum atomic E-state index is 12.2. The summed E-state index contributed by atoms with van der Waals surface area (Å²) in [5, 5.41) is 2.99. The van der Waals surface area contributed by atoms with Crippen molar-refractivity contribution in [2.24, 2.45) is 0 Å². The zero-order valence-corrected chi connectivity index (χ0v) is 17.0. The standard InChI is InChI=1S/C23H25N3OS/c1-17-5-4-6-18(13-17)15-28-16-22(27)25-20-10-8-19(9-11-20)23-24-14-21-7-2-3-12-26(21)23/h4-6,8-11,13-14H,2-3,7,12,15-16H2,1H3,(H,25,27). The predicted molar refractivity (Wildman–Crippen MR) is 117 cm³/mol. The quantitative estimate of drug-likeness (QED) is 0.638. The molecule has 0 radical (unpaired) electrons. The molecule has 0 unspecified atom stereocenters. The molecule has 0 bridgehead atoms. The van der Waals surface area contributed by atoms with Crippen molar-refractivity contribution >= 4 is 23.4 Å². The first-order valence-electron chi connectivity index (χ1n) is 9.77. The topological polar surface area (TPSA) is 46.9 Å². The number of carbonyl (C=O) groups excluding carboxylic acids is 1. The molecule has 2 heterocycles. The molecule has 1 aliphatic rings. The predicted octanol–water partition coefficient (Wildman–Crippen LogP) is 5.07. The first-order valence-corrected chi connectivity index (χ1v) is 10.9. The molecular weight excluding hydrogens is 366 g/mol. The third kappa shape index (κ3) is 4.47. The van der Waals surface area contributed by atoms with E-state index in [0.717, 1.165) is 35.8 Å². The van der Waals surface area contributed by atoms with Crippen LogP contribution in [-0.4, -0.2) is 21.2 Å². The van der Waals surface area contributed by atoms with E-state index in [2.05, 4.69) is 46.1 Å². The third-order valence-corrected chi connectivity index (χ3v) is 6.02. The maximum absolute atomic E-state index is 12.2. The Kier molecular flexibility index (Phi) is 5.81. The van der Waals surface area contributed by atoms with Gasteiger partial charge in [-0.05, 0) is 56.0 Å². The summed E-state index contributed by atoms with van der Waals surface area (Å²) in [6, 6.07) is 16.4. The molecule has 0 saturated carbocycles. The SMILES string of the molecule is Cc1cccc(CSCC(=O)Nc2ccc(-c3ncc4n3CCCC4)cc2)c1. The first kappa shape index (κ1) is 18.8. The van der Waals surface area contributed by atoms with Gasteiger partial charge in [0, 0.05) is 35.4 Å². The van der Waals surface area contributed by atoms with E-state index in [0.29, 0.717) is 5.75 Å². The summed E-state index contributed by atoms with van der Waals surface area (Å²) in [6.45, 7) is 3.13. The largest absolute Gasteiger partial charge is 0.328 e. The van der Waals surface area contributed by atoms with Gasteiger partial charge in [0.05, 0.1) is 5.75 Å². The minimum Gasteiger partial charge on any atom is -0.328 e. The number of hydrogen-bond acceptors (Lipinski definition) is 3. The molecule has 28 heavy (non-hydrogen) atoms. The van der Waals surface area contributed by atoms with Gasteiger partial charge >= 0.3 is 0 Å². The van der Waals surface area contributed by atoms with Crippen LogP contribution in [0.2, 0.25) is 0 Å². The molecule has 4 rings (SSSR count). The lowest BCUT2D eigenvalue weighted by Crippen LogP contribution is -2.14. The van der Waals surface area contributed by atoms with Gasteiger partial charge in [-0.3, -0.25) is 4.79 Å². The van der Waals surface area contributed by atoms with Crippen molar-refractivity contribution in [2.75, 3.05) is 11.1 Å². The van der Waals surface area contributed by atoms with E-state index < -0.39 is 0 Å². The highest BCUT2D eigenvalue weighted by Crippen LogP contribution is 2.25. The van der Waals surface area contributed by atoms with Crippen LogP contribution in [0.1, 0.15) is 29.7 Å². The van der Waals surface area contributed by atoms with Crippen LogP contribution < -0.4 is 5.32 Å². The summed E-state index contributed by atoms with van der Waals surface area (Å²) in [5.41, 5.74) is 5.76. The number of amides is 1. The number of rotatable bonds is 6. The number of nitrogens with zero attached hydrogens (tertiary/aromatic N) is 2. The van der Waals surface area contributed by atoms with Crippen LogP contribution in [0.3, 0.4) is 0 Å². The molecule has 4 nitrogen and oxygen atoms in total. The van der Waals surface area contributed by atoms with Crippen molar-refractivity contribution in [3.8, 4) is 11.4 Å². The average molecular weight is 392 g/mol. The average Bonchev–Trinajstić information content (AvgIpc) is 3.13. The van der Waals surface area contributed by atoms with E-state index in [9.17, 15) is 4.79 Å². The van der Waals surface area contributed by atoms with Crippen LogP contribution >= 0.6 is 11.8 Å². The molecule has 1 N–H and O–H groups in total. The summed E-state index contributed by atoms with van der Waals surface area (Å²) in [6.07, 6.45) is 5.57. The second-order valence-electron chi connectivity index (χ2n) is 7.29. The highest BCUT2D eigenvalue weighted by Gasteiger charge is 2.15. The lowest BCUT2D eigenvalue weighted by Gasteiger charge is -2.16. The Balaban J connectivity index is 1.32. The number of nitrogens with one attached hydrogen (secondary N) is 1. The van der Waals surface area contributed by atoms with Gasteiger partial charge in [-0.25, -0.2) is 4.98 Å². The Labute approximate surface area is 170 Å². The molecule has 0 fully saturated rings. The zero-order valence-electron chi connectivity index (χ0n) is 16.1.